The predicted molar refractivity (Wildman–Crippen MR) is 122 cm³/mol. The van der Waals surface area contributed by atoms with Gasteiger partial charge in [0, 0.05) is 0 Å². The fourth-order valence-corrected chi connectivity index (χ4v) is 6.95. The second kappa shape index (κ2) is 9.41. The van der Waals surface area contributed by atoms with Gasteiger partial charge in [-0.25, -0.2) is 31.8 Å². The lowest BCUT2D eigenvalue weighted by atomic mass is 9.99. The van der Waals surface area contributed by atoms with Gasteiger partial charge in [-0.2, -0.15) is 18.4 Å². The number of rotatable bonds is 7. The molecule has 37 heavy (non-hydrogen) atoms. The van der Waals surface area contributed by atoms with Crippen LogP contribution in [0.25, 0.3) is 32.7 Å². The van der Waals surface area contributed by atoms with Crippen molar-refractivity contribution in [3.63, 3.8) is 0 Å². The van der Waals surface area contributed by atoms with Gasteiger partial charge in [0.05, 0.1) is 26.2 Å². The number of H-pyrrole nitrogens is 1. The van der Waals surface area contributed by atoms with E-state index in [1.165, 1.54) is 17.4 Å². The molecule has 4 rings (SSSR count). The minimum Gasteiger partial charge on any atom is -0.439 e. The normalized spacial score (nSPS) is 13.5. The van der Waals surface area contributed by atoms with Crippen LogP contribution in [-0.4, -0.2) is 66.6 Å². The van der Waals surface area contributed by atoms with Crippen molar-refractivity contribution in [2.75, 3.05) is 5.75 Å². The van der Waals surface area contributed by atoms with Gasteiger partial charge in [0.15, 0.2) is 16.1 Å². The van der Waals surface area contributed by atoms with E-state index >= 15 is 0 Å². The Morgan fingerprint density at radius 3 is 2.51 bits per heavy atom. The van der Waals surface area contributed by atoms with E-state index in [4.69, 9.17) is 10.9 Å². The first kappa shape index (κ1) is 26.5. The number of esters is 1. The van der Waals surface area contributed by atoms with E-state index in [1.807, 2.05) is 0 Å². The number of carbonyl (C=O) groups excluding carboxylic acids is 1. The highest BCUT2D eigenvalue weighted by Gasteiger charge is 2.43. The molecule has 196 valence electrons. The molecule has 0 spiro atoms. The summed E-state index contributed by atoms with van der Waals surface area (Å²) in [6.45, 7) is 0. The molecule has 0 bridgehead atoms. The minimum absolute atomic E-state index is 0.132. The lowest BCUT2D eigenvalue weighted by Gasteiger charge is -2.18. The van der Waals surface area contributed by atoms with E-state index in [1.54, 1.807) is 23.7 Å². The Labute approximate surface area is 209 Å². The number of aromatic nitrogens is 5. The SMILES string of the molecule is NC(CS(=O)(=O)c1ccc(-c2ccc3scnc3c2)c(-c2nn[nH]n2)c1S(N)(=O)=O)OC(=O)C(F)(F)F. The van der Waals surface area contributed by atoms with Crippen LogP contribution in [-0.2, 0) is 29.4 Å². The summed E-state index contributed by atoms with van der Waals surface area (Å²) in [7, 11) is -9.69. The molecule has 1 unspecified atom stereocenters. The van der Waals surface area contributed by atoms with Crippen LogP contribution in [0.3, 0.4) is 0 Å². The van der Waals surface area contributed by atoms with Gasteiger partial charge in [-0.15, -0.1) is 21.5 Å². The van der Waals surface area contributed by atoms with Crippen LogP contribution >= 0.6 is 11.3 Å². The summed E-state index contributed by atoms with van der Waals surface area (Å²) in [4.78, 5) is 13.3. The van der Waals surface area contributed by atoms with Crippen LogP contribution in [0.2, 0.25) is 0 Å². The summed E-state index contributed by atoms with van der Waals surface area (Å²) in [6.07, 6.45) is -7.72. The van der Waals surface area contributed by atoms with E-state index in [0.29, 0.717) is 11.1 Å². The first-order chi connectivity index (χ1) is 17.2. The smallest absolute Gasteiger partial charge is 0.439 e. The van der Waals surface area contributed by atoms with Crippen LogP contribution in [0.5, 0.6) is 0 Å². The Kier molecular flexibility index (Phi) is 6.75. The van der Waals surface area contributed by atoms with Crippen LogP contribution in [0, 0.1) is 0 Å². The molecule has 0 amide bonds. The zero-order valence-corrected chi connectivity index (χ0v) is 20.4. The number of alkyl halides is 3. The number of halogens is 3. The second-order valence-electron chi connectivity index (χ2n) is 7.35. The first-order valence-electron chi connectivity index (χ1n) is 9.72. The lowest BCUT2D eigenvalue weighted by Crippen LogP contribution is -2.39. The molecule has 13 nitrogen and oxygen atoms in total. The highest BCUT2D eigenvalue weighted by molar-refractivity contribution is 7.93. The fourth-order valence-electron chi connectivity index (χ4n) is 3.39. The van der Waals surface area contributed by atoms with E-state index in [0.717, 1.165) is 10.8 Å². The molecule has 0 aliphatic carbocycles. The molecule has 0 saturated carbocycles. The summed E-state index contributed by atoms with van der Waals surface area (Å²) >= 11 is 1.35. The highest BCUT2D eigenvalue weighted by atomic mass is 32.2. The number of carbonyl (C=O) groups is 1. The molecule has 0 fully saturated rings. The number of fused-ring (bicyclic) bond motifs is 1. The number of nitrogens with one attached hydrogen (secondary N) is 1. The molecule has 5 N–H and O–H groups in total. The number of sulfonamides is 1. The van der Waals surface area contributed by atoms with Gasteiger partial charge in [0.25, 0.3) is 0 Å². The van der Waals surface area contributed by atoms with Gasteiger partial charge in [0.2, 0.25) is 15.8 Å². The van der Waals surface area contributed by atoms with E-state index in [2.05, 4.69) is 30.3 Å². The van der Waals surface area contributed by atoms with Crippen molar-refractivity contribution in [3.8, 4) is 22.5 Å². The zero-order valence-electron chi connectivity index (χ0n) is 18.0. The third kappa shape index (κ3) is 5.44. The maximum atomic E-state index is 13.1. The average Bonchev–Trinajstić information content (AvgIpc) is 3.48. The van der Waals surface area contributed by atoms with Crippen molar-refractivity contribution in [1.29, 1.82) is 0 Å². The van der Waals surface area contributed by atoms with Crippen LogP contribution < -0.4 is 10.9 Å². The molecule has 2 heterocycles. The fraction of sp³-hybridized carbons (Fsp3) is 0.167. The summed E-state index contributed by atoms with van der Waals surface area (Å²) in [6, 6.07) is 7.05. The predicted octanol–water partition coefficient (Wildman–Crippen LogP) is 0.955. The number of benzene rings is 2. The quantitative estimate of drug-likeness (QED) is 0.208. The molecule has 1 atom stereocenters. The number of hydrogen-bond donors (Lipinski definition) is 3. The summed E-state index contributed by atoms with van der Waals surface area (Å²) in [5.41, 5.74) is 7.63. The Morgan fingerprint density at radius 2 is 1.89 bits per heavy atom. The molecule has 0 saturated heterocycles. The topological polar surface area (TPSA) is 214 Å². The first-order valence-corrected chi connectivity index (χ1v) is 13.8. The standard InChI is InChI=1S/C18H14F3N7O6S3/c19-18(20,21)17(29)34-13(22)6-36(30,31)12-4-2-9(8-1-3-11-10(5-8)24-7-35-11)14(15(12)37(23,32)33)16-25-27-28-26-16/h1-5,7,13H,6,22H2,(H2,23,32,33)(H,25,26,27,28). The van der Waals surface area contributed by atoms with Crippen molar-refractivity contribution >= 4 is 47.4 Å². The third-order valence-electron chi connectivity index (χ3n) is 4.83. The number of aromatic amines is 1. The number of thiazole rings is 1. The average molecular weight is 578 g/mol. The number of nitrogens with two attached hydrogens (primary N) is 2. The van der Waals surface area contributed by atoms with Crippen LogP contribution in [0.4, 0.5) is 13.2 Å². The number of sulfone groups is 1. The number of ether oxygens (including phenoxy) is 1. The zero-order chi connectivity index (χ0) is 27.2. The molecular weight excluding hydrogens is 563 g/mol. The largest absolute Gasteiger partial charge is 0.490 e. The van der Waals surface area contributed by atoms with E-state index < -0.39 is 53.8 Å². The number of primary sulfonamides is 1. The third-order valence-corrected chi connectivity index (χ3v) is 8.53. The van der Waals surface area contributed by atoms with Crippen molar-refractivity contribution in [2.24, 2.45) is 10.9 Å². The van der Waals surface area contributed by atoms with Gasteiger partial charge in [-0.1, -0.05) is 12.1 Å². The molecule has 19 heteroatoms. The monoisotopic (exact) mass is 577 g/mol. The molecule has 0 aliphatic heterocycles. The summed E-state index contributed by atoms with van der Waals surface area (Å²) in [5, 5.41) is 18.4. The van der Waals surface area contributed by atoms with Gasteiger partial charge in [-0.3, -0.25) is 5.73 Å². The number of nitrogens with zero attached hydrogens (tertiary/aromatic N) is 4. The lowest BCUT2D eigenvalue weighted by molar-refractivity contribution is -0.203. The molecule has 2 aromatic heterocycles. The molecule has 4 aromatic rings. The minimum atomic E-state index is -5.43. The summed E-state index contributed by atoms with van der Waals surface area (Å²) in [5.74, 6) is -4.46. The van der Waals surface area contributed by atoms with Crippen molar-refractivity contribution in [2.45, 2.75) is 22.2 Å². The molecule has 0 aliphatic rings. The molecule has 2 aromatic carbocycles. The van der Waals surface area contributed by atoms with E-state index in [9.17, 15) is 34.8 Å². The van der Waals surface area contributed by atoms with Gasteiger partial charge in [0.1, 0.15) is 10.6 Å². The number of tetrazole rings is 1. The van der Waals surface area contributed by atoms with Crippen molar-refractivity contribution < 1.29 is 39.5 Å². The van der Waals surface area contributed by atoms with Gasteiger partial charge in [-0.05, 0) is 34.5 Å². The highest BCUT2D eigenvalue weighted by Crippen LogP contribution is 2.40. The van der Waals surface area contributed by atoms with Crippen LogP contribution in [0.1, 0.15) is 0 Å². The Bertz CT molecular complexity index is 1700. The van der Waals surface area contributed by atoms with E-state index in [-0.39, 0.29) is 17.0 Å². The van der Waals surface area contributed by atoms with Gasteiger partial charge < -0.3 is 4.74 Å². The maximum absolute atomic E-state index is 13.1. The Morgan fingerprint density at radius 1 is 1.16 bits per heavy atom. The van der Waals surface area contributed by atoms with Crippen molar-refractivity contribution in [1.82, 2.24) is 25.6 Å². The van der Waals surface area contributed by atoms with Gasteiger partial charge >= 0.3 is 12.1 Å². The van der Waals surface area contributed by atoms with Crippen LogP contribution in [0.15, 0.2) is 45.6 Å². The summed E-state index contributed by atoms with van der Waals surface area (Å²) < 4.78 is 93.8. The Hall–Kier alpha value is -3.52. The maximum Gasteiger partial charge on any atom is 0.490 e. The second-order valence-corrected chi connectivity index (χ2v) is 11.7. The number of hydrogen-bond acceptors (Lipinski definition) is 12. The van der Waals surface area contributed by atoms with Crippen molar-refractivity contribution in [3.05, 3.63) is 35.8 Å². The molecular formula is C18H14F3N7O6S3. The Balaban J connectivity index is 1.91. The molecule has 0 radical (unpaired) electrons.